The molecule has 0 radical (unpaired) electrons. The zero-order chi connectivity index (χ0) is 22.9. The van der Waals surface area contributed by atoms with E-state index in [9.17, 15) is 14.4 Å². The van der Waals surface area contributed by atoms with Gasteiger partial charge in [-0.25, -0.2) is 9.82 Å². The van der Waals surface area contributed by atoms with Crippen molar-refractivity contribution < 1.29 is 18.7 Å². The minimum Gasteiger partial charge on any atom is -0.493 e. The summed E-state index contributed by atoms with van der Waals surface area (Å²) in [6.45, 7) is 0.208. The number of benzene rings is 3. The van der Waals surface area contributed by atoms with Gasteiger partial charge in [0.15, 0.2) is 11.5 Å². The molecule has 3 rings (SSSR count). The summed E-state index contributed by atoms with van der Waals surface area (Å²) in [4.78, 5) is 12.0. The fourth-order valence-corrected chi connectivity index (χ4v) is 3.26. The number of halogens is 2. The number of amides is 1. The summed E-state index contributed by atoms with van der Waals surface area (Å²) >= 11 is 3.47. The number of ether oxygens (including phenoxy) is 2. The molecule has 0 aromatic heterocycles. The van der Waals surface area contributed by atoms with Crippen LogP contribution in [0.2, 0.25) is 0 Å². The van der Waals surface area contributed by atoms with Gasteiger partial charge in [0.2, 0.25) is 5.91 Å². The monoisotopic (exact) mass is 495 g/mol. The third-order valence-electron chi connectivity index (χ3n) is 4.47. The number of hydrogen-bond acceptors (Lipinski definition) is 5. The third-order valence-corrected chi connectivity index (χ3v) is 5.16. The van der Waals surface area contributed by atoms with Crippen molar-refractivity contribution in [3.63, 3.8) is 0 Å². The Morgan fingerprint density at radius 2 is 1.94 bits per heavy atom. The Bertz CT molecular complexity index is 1170. The van der Waals surface area contributed by atoms with Gasteiger partial charge in [0.05, 0.1) is 31.4 Å². The number of rotatable bonds is 8. The molecule has 0 aliphatic heterocycles. The van der Waals surface area contributed by atoms with Crippen molar-refractivity contribution in [2.24, 2.45) is 5.10 Å². The first-order chi connectivity index (χ1) is 15.5. The van der Waals surface area contributed by atoms with Crippen LogP contribution >= 0.6 is 15.9 Å². The van der Waals surface area contributed by atoms with Crippen LogP contribution in [0.15, 0.2) is 70.2 Å². The van der Waals surface area contributed by atoms with E-state index in [0.29, 0.717) is 32.7 Å². The highest BCUT2D eigenvalue weighted by Crippen LogP contribution is 2.33. The van der Waals surface area contributed by atoms with Gasteiger partial charge in [-0.1, -0.05) is 30.3 Å². The summed E-state index contributed by atoms with van der Waals surface area (Å²) in [5.41, 5.74) is 5.10. The third kappa shape index (κ3) is 6.15. The highest BCUT2D eigenvalue weighted by molar-refractivity contribution is 9.10. The number of nitrogens with one attached hydrogen (secondary N) is 1. The van der Waals surface area contributed by atoms with E-state index in [-0.39, 0.29) is 24.8 Å². The van der Waals surface area contributed by atoms with E-state index in [1.807, 2.05) is 12.1 Å². The lowest BCUT2D eigenvalue weighted by molar-refractivity contribution is -0.120. The number of carbonyl (C=O) groups excluding carboxylic acids is 1. The first-order valence-electron chi connectivity index (χ1n) is 9.55. The molecule has 32 heavy (non-hydrogen) atoms. The molecule has 0 aliphatic rings. The van der Waals surface area contributed by atoms with Crippen molar-refractivity contribution in [3.05, 3.63) is 93.2 Å². The van der Waals surface area contributed by atoms with Gasteiger partial charge in [0.25, 0.3) is 0 Å². The van der Waals surface area contributed by atoms with E-state index < -0.39 is 0 Å². The van der Waals surface area contributed by atoms with Crippen LogP contribution in [-0.2, 0) is 17.8 Å². The summed E-state index contributed by atoms with van der Waals surface area (Å²) in [6.07, 6.45) is 1.56. The van der Waals surface area contributed by atoms with Crippen LogP contribution in [0, 0.1) is 17.1 Å². The molecular formula is C24H19BrFN3O3. The number of nitriles is 1. The fourth-order valence-electron chi connectivity index (χ4n) is 2.83. The molecule has 162 valence electrons. The van der Waals surface area contributed by atoms with E-state index in [0.717, 1.165) is 5.56 Å². The summed E-state index contributed by atoms with van der Waals surface area (Å²) in [5, 5.41) is 13.2. The molecule has 0 atom stereocenters. The normalized spacial score (nSPS) is 10.6. The molecular weight excluding hydrogens is 477 g/mol. The van der Waals surface area contributed by atoms with Gasteiger partial charge >= 0.3 is 0 Å². The summed E-state index contributed by atoms with van der Waals surface area (Å²) in [7, 11) is 1.52. The maximum Gasteiger partial charge on any atom is 0.244 e. The van der Waals surface area contributed by atoms with Crippen LogP contribution in [0.25, 0.3) is 0 Å². The lowest BCUT2D eigenvalue weighted by Gasteiger charge is -2.13. The quantitative estimate of drug-likeness (QED) is 0.361. The second-order valence-corrected chi connectivity index (χ2v) is 7.53. The van der Waals surface area contributed by atoms with Crippen molar-refractivity contribution in [1.29, 1.82) is 5.26 Å². The molecule has 0 saturated heterocycles. The summed E-state index contributed by atoms with van der Waals surface area (Å²) in [5.74, 6) is 0.283. The zero-order valence-corrected chi connectivity index (χ0v) is 18.7. The van der Waals surface area contributed by atoms with Gasteiger partial charge in [-0.15, -0.1) is 0 Å². The molecule has 6 nitrogen and oxygen atoms in total. The van der Waals surface area contributed by atoms with Crippen LogP contribution in [0.3, 0.4) is 0 Å². The predicted molar refractivity (Wildman–Crippen MR) is 122 cm³/mol. The maximum atomic E-state index is 13.0. The van der Waals surface area contributed by atoms with Gasteiger partial charge in [-0.3, -0.25) is 4.79 Å². The summed E-state index contributed by atoms with van der Waals surface area (Å²) < 4.78 is 24.9. The maximum absolute atomic E-state index is 13.0. The molecule has 0 heterocycles. The molecule has 3 aromatic rings. The smallest absolute Gasteiger partial charge is 0.244 e. The second-order valence-electron chi connectivity index (χ2n) is 6.68. The molecule has 0 fully saturated rings. The number of hydrazone groups is 1. The molecule has 1 amide bonds. The first kappa shape index (κ1) is 23.0. The Morgan fingerprint density at radius 3 is 2.66 bits per heavy atom. The lowest BCUT2D eigenvalue weighted by atomic mass is 10.1. The van der Waals surface area contributed by atoms with E-state index >= 15 is 0 Å². The Morgan fingerprint density at radius 1 is 1.19 bits per heavy atom. The largest absolute Gasteiger partial charge is 0.493 e. The van der Waals surface area contributed by atoms with Crippen LogP contribution in [0.4, 0.5) is 4.39 Å². The Balaban J connectivity index is 1.65. The fraction of sp³-hybridized carbons (Fsp3) is 0.125. The standard InChI is InChI=1S/C24H19BrFN3O3/c1-31-22-11-19(14-28-29-24(30)10-16-6-8-20(26)9-7-16)21(25)12-23(22)32-15-18-5-3-2-4-17(18)13-27/h2-9,11-12,14H,10,15H2,1H3,(H,29,30)/b28-14+. The van der Waals surface area contributed by atoms with Crippen LogP contribution < -0.4 is 14.9 Å². The molecule has 8 heteroatoms. The topological polar surface area (TPSA) is 83.7 Å². The predicted octanol–water partition coefficient (Wildman–Crippen LogP) is 4.74. The number of methoxy groups -OCH3 is 1. The van der Waals surface area contributed by atoms with Crippen molar-refractivity contribution in [2.75, 3.05) is 7.11 Å². The Hall–Kier alpha value is -3.70. The molecule has 0 spiro atoms. The first-order valence-corrected chi connectivity index (χ1v) is 10.3. The van der Waals surface area contributed by atoms with Crippen LogP contribution in [0.1, 0.15) is 22.3 Å². The molecule has 0 bridgehead atoms. The highest BCUT2D eigenvalue weighted by Gasteiger charge is 2.11. The highest BCUT2D eigenvalue weighted by atomic mass is 79.9. The van der Waals surface area contributed by atoms with Crippen molar-refractivity contribution in [2.45, 2.75) is 13.0 Å². The number of carbonyl (C=O) groups is 1. The molecule has 1 N–H and O–H groups in total. The average Bonchev–Trinajstić information content (AvgIpc) is 2.80. The Labute approximate surface area is 193 Å². The van der Waals surface area contributed by atoms with E-state index in [1.165, 1.54) is 25.5 Å². The van der Waals surface area contributed by atoms with Crippen molar-refractivity contribution >= 4 is 28.1 Å². The van der Waals surface area contributed by atoms with Crippen molar-refractivity contribution in [1.82, 2.24) is 5.43 Å². The number of hydrogen-bond donors (Lipinski definition) is 1. The van der Waals surface area contributed by atoms with E-state index in [4.69, 9.17) is 9.47 Å². The molecule has 3 aromatic carbocycles. The molecule has 0 saturated carbocycles. The van der Waals surface area contributed by atoms with Crippen molar-refractivity contribution in [3.8, 4) is 17.6 Å². The van der Waals surface area contributed by atoms with Crippen LogP contribution in [0.5, 0.6) is 11.5 Å². The molecule has 0 unspecified atom stereocenters. The lowest BCUT2D eigenvalue weighted by Crippen LogP contribution is -2.19. The van der Waals surface area contributed by atoms with Gasteiger partial charge in [0, 0.05) is 15.6 Å². The average molecular weight is 496 g/mol. The van der Waals surface area contributed by atoms with Gasteiger partial charge in [-0.05, 0) is 51.8 Å². The van der Waals surface area contributed by atoms with Gasteiger partial charge in [-0.2, -0.15) is 10.4 Å². The SMILES string of the molecule is COc1cc(/C=N/NC(=O)Cc2ccc(F)cc2)c(Br)cc1OCc1ccccc1C#N. The van der Waals surface area contributed by atoms with Gasteiger partial charge in [0.1, 0.15) is 12.4 Å². The zero-order valence-electron chi connectivity index (χ0n) is 17.1. The minimum atomic E-state index is -0.354. The Kier molecular flexibility index (Phi) is 7.95. The van der Waals surface area contributed by atoms with Gasteiger partial charge < -0.3 is 9.47 Å². The molecule has 0 aliphatic carbocycles. The second kappa shape index (κ2) is 11.1. The summed E-state index contributed by atoms with van der Waals surface area (Å²) in [6, 6.07) is 18.5. The van der Waals surface area contributed by atoms with E-state index in [2.05, 4.69) is 32.5 Å². The van der Waals surface area contributed by atoms with Crippen LogP contribution in [-0.4, -0.2) is 19.2 Å². The number of nitrogens with zero attached hydrogens (tertiary/aromatic N) is 2. The minimum absolute atomic E-state index is 0.0824. The van der Waals surface area contributed by atoms with E-state index in [1.54, 1.807) is 36.4 Å².